The van der Waals surface area contributed by atoms with Gasteiger partial charge in [0.15, 0.2) is 17.3 Å². The fraction of sp³-hybridized carbons (Fsp3) is 0.462. The summed E-state index contributed by atoms with van der Waals surface area (Å²) in [6, 6.07) is 11.9. The van der Waals surface area contributed by atoms with Gasteiger partial charge in [0, 0.05) is 31.1 Å². The fourth-order valence-electron chi connectivity index (χ4n) is 5.23. The van der Waals surface area contributed by atoms with Crippen LogP contribution in [0.4, 0.5) is 0 Å². The summed E-state index contributed by atoms with van der Waals surface area (Å²) in [6.07, 6.45) is 2.82. The average Bonchev–Trinajstić information content (AvgIpc) is 3.38. The monoisotopic (exact) mass is 498 g/mol. The number of hydrogen-bond donors (Lipinski definition) is 0. The number of likely N-dealkylation sites (tertiary alicyclic amines) is 1. The van der Waals surface area contributed by atoms with Crippen LogP contribution in [0.1, 0.15) is 54.6 Å². The molecule has 0 radical (unpaired) electrons. The SMILES string of the molecule is CC(=O)c1ccc(S(=O)(=O)N2CCC(C(=O)N3CCC[C@@H]3c3ccc4c(c3)OCCO4)CC2)cc1. The van der Waals surface area contributed by atoms with Crippen molar-refractivity contribution in [1.82, 2.24) is 9.21 Å². The first-order chi connectivity index (χ1) is 16.8. The molecule has 0 unspecified atom stereocenters. The van der Waals surface area contributed by atoms with Crippen molar-refractivity contribution >= 4 is 21.7 Å². The van der Waals surface area contributed by atoms with Gasteiger partial charge in [0.2, 0.25) is 15.9 Å². The van der Waals surface area contributed by atoms with E-state index in [1.807, 2.05) is 23.1 Å². The van der Waals surface area contributed by atoms with Gasteiger partial charge in [-0.3, -0.25) is 9.59 Å². The Morgan fingerprint density at radius 1 is 0.886 bits per heavy atom. The van der Waals surface area contributed by atoms with Crippen LogP contribution in [0.3, 0.4) is 0 Å². The second-order valence-corrected chi connectivity index (χ2v) is 11.3. The minimum Gasteiger partial charge on any atom is -0.486 e. The number of carbonyl (C=O) groups excluding carboxylic acids is 2. The molecule has 2 saturated heterocycles. The van der Waals surface area contributed by atoms with E-state index in [1.165, 1.54) is 35.5 Å². The second-order valence-electron chi connectivity index (χ2n) is 9.35. The quantitative estimate of drug-likeness (QED) is 0.587. The van der Waals surface area contributed by atoms with Crippen LogP contribution < -0.4 is 9.47 Å². The van der Waals surface area contributed by atoms with Crippen molar-refractivity contribution in [2.24, 2.45) is 5.92 Å². The van der Waals surface area contributed by atoms with Crippen LogP contribution in [-0.4, -0.2) is 62.2 Å². The average molecular weight is 499 g/mol. The molecular weight excluding hydrogens is 468 g/mol. The van der Waals surface area contributed by atoms with Crippen LogP contribution in [0.2, 0.25) is 0 Å². The molecule has 9 heteroatoms. The lowest BCUT2D eigenvalue weighted by atomic mass is 9.95. The summed E-state index contributed by atoms with van der Waals surface area (Å²) in [5.74, 6) is 1.26. The van der Waals surface area contributed by atoms with Gasteiger partial charge in [-0.2, -0.15) is 4.31 Å². The maximum Gasteiger partial charge on any atom is 0.243 e. The molecule has 8 nitrogen and oxygen atoms in total. The Bertz CT molecular complexity index is 1220. The summed E-state index contributed by atoms with van der Waals surface area (Å²) in [5.41, 5.74) is 1.53. The highest BCUT2D eigenvalue weighted by Gasteiger charge is 2.38. The van der Waals surface area contributed by atoms with Crippen molar-refractivity contribution in [3.63, 3.8) is 0 Å². The first-order valence-corrected chi connectivity index (χ1v) is 13.6. The molecule has 2 aromatic rings. The Morgan fingerprint density at radius 3 is 2.26 bits per heavy atom. The van der Waals surface area contributed by atoms with Gasteiger partial charge in [0.25, 0.3) is 0 Å². The molecule has 3 heterocycles. The zero-order chi connectivity index (χ0) is 24.6. The Labute approximate surface area is 205 Å². The van der Waals surface area contributed by atoms with Gasteiger partial charge in [-0.05, 0) is 62.4 Å². The van der Waals surface area contributed by atoms with Crippen LogP contribution in [0, 0.1) is 5.92 Å². The van der Waals surface area contributed by atoms with Gasteiger partial charge >= 0.3 is 0 Å². The van der Waals surface area contributed by atoms with Crippen molar-refractivity contribution < 1.29 is 27.5 Å². The molecule has 35 heavy (non-hydrogen) atoms. The molecule has 0 aromatic heterocycles. The van der Waals surface area contributed by atoms with Crippen molar-refractivity contribution in [1.29, 1.82) is 0 Å². The predicted octanol–water partition coefficient (Wildman–Crippen LogP) is 3.42. The minimum absolute atomic E-state index is 0.000112. The minimum atomic E-state index is -3.66. The molecule has 0 spiro atoms. The molecule has 0 saturated carbocycles. The highest BCUT2D eigenvalue weighted by molar-refractivity contribution is 7.89. The second kappa shape index (κ2) is 9.62. The van der Waals surface area contributed by atoms with Crippen LogP contribution in [0.15, 0.2) is 47.4 Å². The zero-order valence-corrected chi connectivity index (χ0v) is 20.6. The first-order valence-electron chi connectivity index (χ1n) is 12.2. The van der Waals surface area contributed by atoms with Gasteiger partial charge in [-0.25, -0.2) is 8.42 Å². The molecule has 3 aliphatic rings. The van der Waals surface area contributed by atoms with Gasteiger partial charge in [0.05, 0.1) is 10.9 Å². The molecule has 0 aliphatic carbocycles. The normalized spacial score (nSPS) is 21.2. The number of benzene rings is 2. The summed E-state index contributed by atoms with van der Waals surface area (Å²) in [5, 5.41) is 0. The molecule has 3 aliphatic heterocycles. The van der Waals surface area contributed by atoms with Crippen molar-refractivity contribution in [3.8, 4) is 11.5 Å². The van der Waals surface area contributed by atoms with E-state index < -0.39 is 10.0 Å². The van der Waals surface area contributed by atoms with Crippen LogP contribution in [0.25, 0.3) is 0 Å². The fourth-order valence-corrected chi connectivity index (χ4v) is 6.70. The van der Waals surface area contributed by atoms with E-state index in [1.54, 1.807) is 0 Å². The zero-order valence-electron chi connectivity index (χ0n) is 19.8. The van der Waals surface area contributed by atoms with Crippen LogP contribution in [0.5, 0.6) is 11.5 Å². The lowest BCUT2D eigenvalue weighted by molar-refractivity contribution is -0.137. The molecule has 2 aromatic carbocycles. The van der Waals surface area contributed by atoms with Gasteiger partial charge in [0.1, 0.15) is 13.2 Å². The third kappa shape index (κ3) is 4.67. The Kier molecular flexibility index (Phi) is 6.55. The molecule has 1 atom stereocenters. The van der Waals surface area contributed by atoms with Crippen molar-refractivity contribution in [3.05, 3.63) is 53.6 Å². The smallest absolute Gasteiger partial charge is 0.243 e. The van der Waals surface area contributed by atoms with Gasteiger partial charge in [-0.15, -0.1) is 0 Å². The summed E-state index contributed by atoms with van der Waals surface area (Å²) in [4.78, 5) is 27.1. The van der Waals surface area contributed by atoms with Crippen LogP contribution >= 0.6 is 0 Å². The largest absolute Gasteiger partial charge is 0.486 e. The molecular formula is C26H30N2O6S. The third-order valence-electron chi connectivity index (χ3n) is 7.19. The van der Waals surface area contributed by atoms with Crippen molar-refractivity contribution in [2.45, 2.75) is 43.5 Å². The van der Waals surface area contributed by atoms with Crippen molar-refractivity contribution in [2.75, 3.05) is 32.8 Å². The van der Waals surface area contributed by atoms with Crippen LogP contribution in [-0.2, 0) is 14.8 Å². The van der Waals surface area contributed by atoms with Gasteiger partial charge in [-0.1, -0.05) is 18.2 Å². The number of Topliss-reactive ketones (excluding diaryl/α,β-unsaturated/α-hetero) is 1. The number of nitrogens with zero attached hydrogens (tertiary/aromatic N) is 2. The van der Waals surface area contributed by atoms with E-state index in [0.717, 1.165) is 29.9 Å². The number of hydrogen-bond acceptors (Lipinski definition) is 6. The Hall–Kier alpha value is -2.91. The summed E-state index contributed by atoms with van der Waals surface area (Å²) in [7, 11) is -3.66. The van der Waals surface area contributed by atoms with Gasteiger partial charge < -0.3 is 14.4 Å². The first kappa shape index (κ1) is 23.8. The molecule has 2 fully saturated rings. The number of ether oxygens (including phenoxy) is 2. The lowest BCUT2D eigenvalue weighted by Gasteiger charge is -2.34. The number of rotatable bonds is 5. The third-order valence-corrected chi connectivity index (χ3v) is 9.10. The van der Waals surface area contributed by atoms with E-state index >= 15 is 0 Å². The Morgan fingerprint density at radius 2 is 1.57 bits per heavy atom. The lowest BCUT2D eigenvalue weighted by Crippen LogP contribution is -2.44. The molecule has 1 amide bonds. The standard InChI is InChI=1S/C26H30N2O6S/c1-18(29)19-4-7-22(8-5-19)35(31,32)27-13-10-20(11-14-27)26(30)28-12-2-3-23(28)21-6-9-24-25(17-21)34-16-15-33-24/h4-9,17,20,23H,2-3,10-16H2,1H3/t23-/m1/s1. The number of amides is 1. The maximum atomic E-state index is 13.5. The number of sulfonamides is 1. The number of ketones is 1. The topological polar surface area (TPSA) is 93.2 Å². The summed E-state index contributed by atoms with van der Waals surface area (Å²) < 4.78 is 39.0. The van der Waals surface area contributed by atoms with E-state index in [0.29, 0.717) is 51.3 Å². The molecule has 0 bridgehead atoms. The summed E-state index contributed by atoms with van der Waals surface area (Å²) >= 11 is 0. The molecule has 5 rings (SSSR count). The highest BCUT2D eigenvalue weighted by Crippen LogP contribution is 2.39. The van der Waals surface area contributed by atoms with E-state index in [-0.39, 0.29) is 28.5 Å². The maximum absolute atomic E-state index is 13.5. The molecule has 0 N–H and O–H groups in total. The Balaban J connectivity index is 1.24. The number of piperidine rings is 1. The van der Waals surface area contributed by atoms with E-state index in [9.17, 15) is 18.0 Å². The summed E-state index contributed by atoms with van der Waals surface area (Å²) in [6.45, 7) is 3.82. The number of fused-ring (bicyclic) bond motifs is 1. The molecule has 186 valence electrons. The van der Waals surface area contributed by atoms with E-state index in [2.05, 4.69) is 0 Å². The number of carbonyl (C=O) groups is 2. The highest BCUT2D eigenvalue weighted by atomic mass is 32.2. The predicted molar refractivity (Wildman–Crippen MR) is 129 cm³/mol. The van der Waals surface area contributed by atoms with E-state index in [4.69, 9.17) is 9.47 Å².